The molecule has 2 aromatic rings. The molecule has 0 unspecified atom stereocenters. The van der Waals surface area contributed by atoms with Crippen LogP contribution >= 0.6 is 23.4 Å². The summed E-state index contributed by atoms with van der Waals surface area (Å²) in [7, 11) is 1.62. The van der Waals surface area contributed by atoms with Gasteiger partial charge < -0.3 is 16.0 Å². The molecule has 1 heterocycles. The van der Waals surface area contributed by atoms with Gasteiger partial charge in [-0.15, -0.1) is 0 Å². The molecule has 0 spiro atoms. The van der Waals surface area contributed by atoms with E-state index in [0.717, 1.165) is 29.7 Å². The van der Waals surface area contributed by atoms with Crippen LogP contribution in [0.15, 0.2) is 29.4 Å². The molecule has 0 radical (unpaired) electrons. The number of nitrogen functional groups attached to an aromatic ring is 1. The average molecular weight is 434 g/mol. The quantitative estimate of drug-likeness (QED) is 0.490. The van der Waals surface area contributed by atoms with E-state index < -0.39 is 0 Å². The fourth-order valence-corrected chi connectivity index (χ4v) is 3.73. The Bertz CT molecular complexity index is 902. The molecule has 0 aliphatic heterocycles. The summed E-state index contributed by atoms with van der Waals surface area (Å²) in [5.41, 5.74) is 8.71. The van der Waals surface area contributed by atoms with Crippen LogP contribution in [0.2, 0.25) is 5.02 Å². The minimum Gasteiger partial charge on any atom is -0.383 e. The lowest BCUT2D eigenvalue weighted by atomic mass is 10.0. The molecular weight excluding hydrogens is 410 g/mol. The van der Waals surface area contributed by atoms with Crippen LogP contribution in [0.1, 0.15) is 25.5 Å². The summed E-state index contributed by atoms with van der Waals surface area (Å²) in [6, 6.07) is 7.64. The maximum absolute atomic E-state index is 12.3. The lowest BCUT2D eigenvalue weighted by Crippen LogP contribution is -2.39. The highest BCUT2D eigenvalue weighted by Gasteiger charge is 2.24. The third-order valence-corrected chi connectivity index (χ3v) is 5.62. The predicted molar refractivity (Wildman–Crippen MR) is 116 cm³/mol. The standard InChI is InChI=1S/C20H24ClN5O2S/c1-3-15-18(12-4-6-13(21)7-5-12)19(22)25-20(24-15)29-11-17(28)26(2)10-16(27)23-14-8-9-14/h4-7,14H,3,8-11H2,1-2H3,(H,23,27)(H2,22,24,25). The maximum atomic E-state index is 12.3. The summed E-state index contributed by atoms with van der Waals surface area (Å²) in [5.74, 6) is 0.208. The molecule has 2 amide bonds. The number of thioether (sulfide) groups is 1. The van der Waals surface area contributed by atoms with Crippen LogP contribution in [-0.4, -0.2) is 52.1 Å². The Balaban J connectivity index is 1.64. The summed E-state index contributed by atoms with van der Waals surface area (Å²) in [6.07, 6.45) is 2.71. The second-order valence-electron chi connectivity index (χ2n) is 6.95. The Hall–Kier alpha value is -2.32. The minimum atomic E-state index is -0.164. The summed E-state index contributed by atoms with van der Waals surface area (Å²) in [6.45, 7) is 2.04. The zero-order valence-electron chi connectivity index (χ0n) is 16.4. The van der Waals surface area contributed by atoms with Crippen molar-refractivity contribution in [2.75, 3.05) is 25.1 Å². The largest absolute Gasteiger partial charge is 0.383 e. The molecule has 3 rings (SSSR count). The van der Waals surface area contributed by atoms with E-state index in [1.165, 1.54) is 16.7 Å². The van der Waals surface area contributed by atoms with E-state index in [1.54, 1.807) is 19.2 Å². The summed E-state index contributed by atoms with van der Waals surface area (Å²) >= 11 is 7.18. The van der Waals surface area contributed by atoms with Crippen molar-refractivity contribution in [3.63, 3.8) is 0 Å². The molecule has 0 bridgehead atoms. The minimum absolute atomic E-state index is 0.0502. The van der Waals surface area contributed by atoms with Crippen molar-refractivity contribution < 1.29 is 9.59 Å². The Kier molecular flexibility index (Phi) is 6.97. The number of amides is 2. The van der Waals surface area contributed by atoms with Gasteiger partial charge in [0.1, 0.15) is 5.82 Å². The number of halogens is 1. The Morgan fingerprint density at radius 3 is 2.59 bits per heavy atom. The summed E-state index contributed by atoms with van der Waals surface area (Å²) < 4.78 is 0. The number of anilines is 1. The van der Waals surface area contributed by atoms with E-state index >= 15 is 0 Å². The molecule has 1 aliphatic rings. The van der Waals surface area contributed by atoms with Gasteiger partial charge in [0.2, 0.25) is 11.8 Å². The monoisotopic (exact) mass is 433 g/mol. The molecule has 7 nitrogen and oxygen atoms in total. The number of benzene rings is 1. The number of rotatable bonds is 8. The third-order valence-electron chi connectivity index (χ3n) is 4.53. The van der Waals surface area contributed by atoms with Gasteiger partial charge in [-0.05, 0) is 37.0 Å². The van der Waals surface area contributed by atoms with Gasteiger partial charge in [-0.2, -0.15) is 0 Å². The fraction of sp³-hybridized carbons (Fsp3) is 0.400. The fourth-order valence-electron chi connectivity index (χ4n) is 2.80. The summed E-state index contributed by atoms with van der Waals surface area (Å²) in [5, 5.41) is 3.96. The molecule has 1 aromatic heterocycles. The van der Waals surface area contributed by atoms with E-state index in [4.69, 9.17) is 17.3 Å². The molecular formula is C20H24ClN5O2S. The van der Waals surface area contributed by atoms with E-state index in [2.05, 4.69) is 15.3 Å². The van der Waals surface area contributed by atoms with Crippen LogP contribution < -0.4 is 11.1 Å². The second-order valence-corrected chi connectivity index (χ2v) is 8.33. The highest BCUT2D eigenvalue weighted by molar-refractivity contribution is 7.99. The van der Waals surface area contributed by atoms with Crippen molar-refractivity contribution >= 4 is 41.0 Å². The molecule has 3 N–H and O–H groups in total. The molecule has 9 heteroatoms. The average Bonchev–Trinajstić information content (AvgIpc) is 3.50. The Labute approximate surface area is 179 Å². The number of aromatic nitrogens is 2. The maximum Gasteiger partial charge on any atom is 0.239 e. The van der Waals surface area contributed by atoms with Crippen LogP contribution in [-0.2, 0) is 16.0 Å². The van der Waals surface area contributed by atoms with E-state index in [0.29, 0.717) is 22.4 Å². The molecule has 1 aliphatic carbocycles. The smallest absolute Gasteiger partial charge is 0.239 e. The highest BCUT2D eigenvalue weighted by Crippen LogP contribution is 2.31. The highest BCUT2D eigenvalue weighted by atomic mass is 35.5. The van der Waals surface area contributed by atoms with Crippen LogP contribution in [0.5, 0.6) is 0 Å². The van der Waals surface area contributed by atoms with Crippen molar-refractivity contribution in [2.45, 2.75) is 37.4 Å². The number of hydrogen-bond donors (Lipinski definition) is 2. The van der Waals surface area contributed by atoms with Gasteiger partial charge >= 0.3 is 0 Å². The van der Waals surface area contributed by atoms with E-state index in [9.17, 15) is 9.59 Å². The van der Waals surface area contributed by atoms with Gasteiger partial charge in [-0.25, -0.2) is 9.97 Å². The number of aryl methyl sites for hydroxylation is 1. The van der Waals surface area contributed by atoms with Crippen molar-refractivity contribution in [1.29, 1.82) is 0 Å². The molecule has 29 heavy (non-hydrogen) atoms. The molecule has 1 saturated carbocycles. The first-order valence-corrected chi connectivity index (χ1v) is 10.8. The van der Waals surface area contributed by atoms with E-state index in [1.807, 2.05) is 19.1 Å². The van der Waals surface area contributed by atoms with Crippen LogP contribution in [0.25, 0.3) is 11.1 Å². The molecule has 1 aromatic carbocycles. The van der Waals surface area contributed by atoms with Gasteiger partial charge in [0.05, 0.1) is 18.0 Å². The third kappa shape index (κ3) is 5.83. The van der Waals surface area contributed by atoms with Gasteiger partial charge in [0.25, 0.3) is 0 Å². The number of nitrogens with one attached hydrogen (secondary N) is 1. The number of likely N-dealkylation sites (N-methyl/N-ethyl adjacent to an activating group) is 1. The number of nitrogens with zero attached hydrogens (tertiary/aromatic N) is 3. The van der Waals surface area contributed by atoms with Crippen molar-refractivity contribution in [2.24, 2.45) is 0 Å². The van der Waals surface area contributed by atoms with Crippen molar-refractivity contribution in [3.05, 3.63) is 35.0 Å². The summed E-state index contributed by atoms with van der Waals surface area (Å²) in [4.78, 5) is 34.5. The molecule has 0 atom stereocenters. The topological polar surface area (TPSA) is 101 Å². The van der Waals surface area contributed by atoms with Crippen molar-refractivity contribution in [1.82, 2.24) is 20.2 Å². The first kappa shape index (κ1) is 21.4. The SMILES string of the molecule is CCc1nc(SCC(=O)N(C)CC(=O)NC2CC2)nc(N)c1-c1ccc(Cl)cc1. The Morgan fingerprint density at radius 2 is 1.97 bits per heavy atom. The number of carbonyl (C=O) groups is 2. The van der Waals surface area contributed by atoms with Gasteiger partial charge in [0, 0.05) is 23.7 Å². The molecule has 154 valence electrons. The predicted octanol–water partition coefficient (Wildman–Crippen LogP) is 2.77. The van der Waals surface area contributed by atoms with Gasteiger partial charge in [0.15, 0.2) is 5.16 Å². The normalized spacial score (nSPS) is 13.2. The zero-order chi connectivity index (χ0) is 21.0. The van der Waals surface area contributed by atoms with Crippen LogP contribution in [0, 0.1) is 0 Å². The zero-order valence-corrected chi connectivity index (χ0v) is 18.0. The first-order chi connectivity index (χ1) is 13.9. The first-order valence-electron chi connectivity index (χ1n) is 9.45. The van der Waals surface area contributed by atoms with Crippen molar-refractivity contribution in [3.8, 4) is 11.1 Å². The van der Waals surface area contributed by atoms with E-state index in [-0.39, 0.29) is 30.2 Å². The number of nitrogens with two attached hydrogens (primary N) is 1. The van der Waals surface area contributed by atoms with Gasteiger partial charge in [-0.1, -0.05) is 42.4 Å². The number of hydrogen-bond acceptors (Lipinski definition) is 6. The lowest BCUT2D eigenvalue weighted by molar-refractivity contribution is -0.132. The second kappa shape index (κ2) is 9.45. The van der Waals surface area contributed by atoms with Gasteiger partial charge in [-0.3, -0.25) is 9.59 Å². The van der Waals surface area contributed by atoms with Crippen LogP contribution in [0.3, 0.4) is 0 Å². The Morgan fingerprint density at radius 1 is 1.28 bits per heavy atom. The molecule has 1 fully saturated rings. The van der Waals surface area contributed by atoms with Crippen LogP contribution in [0.4, 0.5) is 5.82 Å². The number of carbonyl (C=O) groups excluding carboxylic acids is 2. The molecule has 0 saturated heterocycles. The lowest BCUT2D eigenvalue weighted by Gasteiger charge is -2.17.